The summed E-state index contributed by atoms with van der Waals surface area (Å²) in [6, 6.07) is 10.8. The molecule has 0 aromatic heterocycles. The normalized spacial score (nSPS) is 10.4. The predicted molar refractivity (Wildman–Crippen MR) is 112 cm³/mol. The molecule has 0 heterocycles. The minimum atomic E-state index is -0.547. The van der Waals surface area contributed by atoms with Gasteiger partial charge in [-0.3, -0.25) is 24.6 Å². The molecule has 0 aliphatic rings. The number of rotatable bonds is 10. The molecule has 2 N–H and O–H groups in total. The Hall–Kier alpha value is -3.66. The summed E-state index contributed by atoms with van der Waals surface area (Å²) in [7, 11) is 2.92. The summed E-state index contributed by atoms with van der Waals surface area (Å²) < 4.78 is 10.2. The second-order valence-electron chi connectivity index (χ2n) is 6.27. The minimum Gasteiger partial charge on any atom is -0.497 e. The van der Waals surface area contributed by atoms with Gasteiger partial charge in [0, 0.05) is 11.8 Å². The van der Waals surface area contributed by atoms with Crippen molar-refractivity contribution >= 4 is 28.9 Å². The van der Waals surface area contributed by atoms with Crippen LogP contribution >= 0.6 is 0 Å². The van der Waals surface area contributed by atoms with Crippen molar-refractivity contribution in [2.75, 3.05) is 44.5 Å². The highest BCUT2D eigenvalue weighted by molar-refractivity contribution is 5.95. The number of non-ortho nitro benzene ring substituents is 1. The zero-order valence-corrected chi connectivity index (χ0v) is 17.0. The number of amides is 2. The first-order valence-electron chi connectivity index (χ1n) is 9.14. The van der Waals surface area contributed by atoms with Crippen LogP contribution in [0.1, 0.15) is 6.92 Å². The molecule has 2 aromatic carbocycles. The number of anilines is 2. The van der Waals surface area contributed by atoms with Crippen molar-refractivity contribution in [1.82, 2.24) is 4.90 Å². The standard InChI is InChI=1S/C20H24N4O6/c1-4-23(12-19(25)21-14-5-8-16(29-2)9-6-14)13-20(26)22-17-10-7-15(24(27)28)11-18(17)30-3/h5-11H,4,12-13H2,1-3H3,(H,21,25)(H,22,26). The van der Waals surface area contributed by atoms with Crippen molar-refractivity contribution in [3.05, 3.63) is 52.6 Å². The SMILES string of the molecule is CCN(CC(=O)Nc1ccc(OC)cc1)CC(=O)Nc1ccc([N+](=O)[O-])cc1OC. The largest absolute Gasteiger partial charge is 0.497 e. The topological polar surface area (TPSA) is 123 Å². The maximum Gasteiger partial charge on any atom is 0.273 e. The van der Waals surface area contributed by atoms with Crippen molar-refractivity contribution in [2.45, 2.75) is 6.92 Å². The molecule has 0 aliphatic carbocycles. The molecule has 10 nitrogen and oxygen atoms in total. The van der Waals surface area contributed by atoms with Crippen molar-refractivity contribution < 1.29 is 24.0 Å². The van der Waals surface area contributed by atoms with Crippen molar-refractivity contribution in [3.63, 3.8) is 0 Å². The number of nitrogens with zero attached hydrogens (tertiary/aromatic N) is 2. The Bertz CT molecular complexity index is 901. The van der Waals surface area contributed by atoms with Crippen LogP contribution in [0.5, 0.6) is 11.5 Å². The molecule has 0 saturated heterocycles. The van der Waals surface area contributed by atoms with E-state index >= 15 is 0 Å². The lowest BCUT2D eigenvalue weighted by Gasteiger charge is -2.20. The number of nitrogens with one attached hydrogen (secondary N) is 2. The molecular formula is C20H24N4O6. The van der Waals surface area contributed by atoms with E-state index in [-0.39, 0.29) is 36.3 Å². The summed E-state index contributed by atoms with van der Waals surface area (Å²) in [6.07, 6.45) is 0. The summed E-state index contributed by atoms with van der Waals surface area (Å²) in [6.45, 7) is 2.29. The number of nitro benzene ring substituents is 1. The van der Waals surface area contributed by atoms with Gasteiger partial charge in [0.25, 0.3) is 5.69 Å². The van der Waals surface area contributed by atoms with E-state index in [1.807, 2.05) is 6.92 Å². The van der Waals surface area contributed by atoms with E-state index in [1.54, 1.807) is 36.3 Å². The van der Waals surface area contributed by atoms with E-state index in [9.17, 15) is 19.7 Å². The molecule has 30 heavy (non-hydrogen) atoms. The summed E-state index contributed by atoms with van der Waals surface area (Å²) in [5.41, 5.74) is 0.791. The van der Waals surface area contributed by atoms with Crippen LogP contribution in [0, 0.1) is 10.1 Å². The van der Waals surface area contributed by atoms with Crippen LogP contribution in [0.15, 0.2) is 42.5 Å². The second-order valence-corrected chi connectivity index (χ2v) is 6.27. The molecule has 10 heteroatoms. The Morgan fingerprint density at radius 3 is 2.17 bits per heavy atom. The third kappa shape index (κ3) is 6.45. The van der Waals surface area contributed by atoms with Crippen LogP contribution in [-0.2, 0) is 9.59 Å². The summed E-state index contributed by atoms with van der Waals surface area (Å²) in [4.78, 5) is 36.6. The van der Waals surface area contributed by atoms with Crippen LogP contribution in [0.4, 0.5) is 17.1 Å². The molecular weight excluding hydrogens is 392 g/mol. The molecule has 0 atom stereocenters. The van der Waals surface area contributed by atoms with Gasteiger partial charge < -0.3 is 20.1 Å². The number of methoxy groups -OCH3 is 2. The van der Waals surface area contributed by atoms with Crippen LogP contribution in [0.25, 0.3) is 0 Å². The molecule has 0 spiro atoms. The first-order chi connectivity index (χ1) is 14.4. The van der Waals surface area contributed by atoms with Crippen molar-refractivity contribution in [2.24, 2.45) is 0 Å². The highest BCUT2D eigenvalue weighted by Crippen LogP contribution is 2.28. The van der Waals surface area contributed by atoms with Gasteiger partial charge in [0.15, 0.2) is 0 Å². The molecule has 160 valence electrons. The third-order valence-corrected chi connectivity index (χ3v) is 4.23. The lowest BCUT2D eigenvalue weighted by molar-refractivity contribution is -0.384. The van der Waals surface area contributed by atoms with Gasteiger partial charge in [-0.15, -0.1) is 0 Å². The number of hydrogen-bond acceptors (Lipinski definition) is 7. The van der Waals surface area contributed by atoms with E-state index in [0.717, 1.165) is 0 Å². The van der Waals surface area contributed by atoms with Crippen molar-refractivity contribution in [3.8, 4) is 11.5 Å². The Balaban J connectivity index is 1.93. The number of carbonyl (C=O) groups excluding carboxylic acids is 2. The van der Waals surface area contributed by atoms with Gasteiger partial charge >= 0.3 is 0 Å². The monoisotopic (exact) mass is 416 g/mol. The molecule has 2 amide bonds. The Labute approximate surface area is 173 Å². The fourth-order valence-electron chi connectivity index (χ4n) is 2.65. The van der Waals surface area contributed by atoms with Gasteiger partial charge in [-0.05, 0) is 36.9 Å². The van der Waals surface area contributed by atoms with E-state index < -0.39 is 4.92 Å². The Morgan fingerprint density at radius 2 is 1.63 bits per heavy atom. The average molecular weight is 416 g/mol. The van der Waals surface area contributed by atoms with Gasteiger partial charge in [0.1, 0.15) is 11.5 Å². The van der Waals surface area contributed by atoms with Gasteiger partial charge in [0.05, 0.1) is 44.0 Å². The van der Waals surface area contributed by atoms with Crippen LogP contribution in [-0.4, -0.2) is 55.5 Å². The van der Waals surface area contributed by atoms with Gasteiger partial charge in [-0.2, -0.15) is 0 Å². The predicted octanol–water partition coefficient (Wildman–Crippen LogP) is 2.51. The quantitative estimate of drug-likeness (QED) is 0.451. The number of ether oxygens (including phenoxy) is 2. The molecule has 0 unspecified atom stereocenters. The molecule has 0 bridgehead atoms. The summed E-state index contributed by atoms with van der Waals surface area (Å²) in [5.74, 6) is 0.225. The van der Waals surface area contributed by atoms with Crippen LogP contribution < -0.4 is 20.1 Å². The molecule has 0 fully saturated rings. The fourth-order valence-corrected chi connectivity index (χ4v) is 2.65. The van der Waals surface area contributed by atoms with E-state index in [0.29, 0.717) is 23.7 Å². The summed E-state index contributed by atoms with van der Waals surface area (Å²) >= 11 is 0. The molecule has 0 saturated carbocycles. The van der Waals surface area contributed by atoms with E-state index in [4.69, 9.17) is 9.47 Å². The molecule has 2 aromatic rings. The van der Waals surface area contributed by atoms with Crippen molar-refractivity contribution in [1.29, 1.82) is 0 Å². The number of carbonyl (C=O) groups is 2. The zero-order valence-electron chi connectivity index (χ0n) is 17.0. The maximum atomic E-state index is 12.4. The van der Waals surface area contributed by atoms with Gasteiger partial charge in [-0.25, -0.2) is 0 Å². The maximum absolute atomic E-state index is 12.4. The number of hydrogen-bond donors (Lipinski definition) is 2. The van der Waals surface area contributed by atoms with Crippen LogP contribution in [0.2, 0.25) is 0 Å². The van der Waals surface area contributed by atoms with Gasteiger partial charge in [0.2, 0.25) is 11.8 Å². The first kappa shape index (κ1) is 22.6. The number of nitro groups is 1. The third-order valence-electron chi connectivity index (χ3n) is 4.23. The lowest BCUT2D eigenvalue weighted by Crippen LogP contribution is -2.38. The second kappa shape index (κ2) is 10.8. The first-order valence-corrected chi connectivity index (χ1v) is 9.14. The van der Waals surface area contributed by atoms with Crippen LogP contribution in [0.3, 0.4) is 0 Å². The highest BCUT2D eigenvalue weighted by atomic mass is 16.6. The molecule has 0 radical (unpaired) electrons. The molecule has 2 rings (SSSR count). The average Bonchev–Trinajstić information content (AvgIpc) is 2.73. The number of likely N-dealkylation sites (N-methyl/N-ethyl adjacent to an activating group) is 1. The number of benzene rings is 2. The highest BCUT2D eigenvalue weighted by Gasteiger charge is 2.17. The Morgan fingerprint density at radius 1 is 1.00 bits per heavy atom. The van der Waals surface area contributed by atoms with E-state index in [2.05, 4.69) is 10.6 Å². The zero-order chi connectivity index (χ0) is 22.1. The lowest BCUT2D eigenvalue weighted by atomic mass is 10.2. The summed E-state index contributed by atoms with van der Waals surface area (Å²) in [5, 5.41) is 16.3. The van der Waals surface area contributed by atoms with Gasteiger partial charge in [-0.1, -0.05) is 6.92 Å². The smallest absolute Gasteiger partial charge is 0.273 e. The fraction of sp³-hybridized carbons (Fsp3) is 0.300. The minimum absolute atomic E-state index is 0.0212. The Kier molecular flexibility index (Phi) is 8.12. The molecule has 0 aliphatic heterocycles. The van der Waals surface area contributed by atoms with E-state index in [1.165, 1.54) is 25.3 Å².